The van der Waals surface area contributed by atoms with Gasteiger partial charge in [0.1, 0.15) is 6.10 Å². The second-order valence-corrected chi connectivity index (χ2v) is 1.94. The molecule has 0 fully saturated rings. The van der Waals surface area contributed by atoms with Crippen LogP contribution in [0.15, 0.2) is 0 Å². The van der Waals surface area contributed by atoms with Gasteiger partial charge < -0.3 is 20.1 Å². The first-order valence-corrected chi connectivity index (χ1v) is 3.68. The molecule has 0 aromatic carbocycles. The Morgan fingerprint density at radius 1 is 1.09 bits per heavy atom. The minimum Gasteiger partial charge on any atom is -0.388 e. The fourth-order valence-electron chi connectivity index (χ4n) is 0.204. The molecule has 0 bridgehead atoms. The molecule has 0 saturated heterocycles. The van der Waals surface area contributed by atoms with E-state index in [1.807, 2.05) is 13.8 Å². The second kappa shape index (κ2) is 9.84. The molecule has 3 N–H and O–H groups in total. The second-order valence-electron chi connectivity index (χ2n) is 1.94. The Bertz CT molecular complexity index is 55.5. The van der Waals surface area contributed by atoms with E-state index in [0.717, 1.165) is 13.2 Å². The number of rotatable bonds is 3. The quantitative estimate of drug-likeness (QED) is 0.504. The Morgan fingerprint density at radius 2 is 1.36 bits per heavy atom. The predicted octanol–water partition coefficient (Wildman–Crippen LogP) is -0.279. The SMILES string of the molecule is CC(O)C(O)O.CCOCC. The van der Waals surface area contributed by atoms with E-state index < -0.39 is 12.4 Å². The van der Waals surface area contributed by atoms with Crippen molar-refractivity contribution in [3.8, 4) is 0 Å². The van der Waals surface area contributed by atoms with E-state index in [1.54, 1.807) is 0 Å². The van der Waals surface area contributed by atoms with E-state index in [4.69, 9.17) is 20.1 Å². The maximum atomic E-state index is 8.13. The Balaban J connectivity index is 0. The summed E-state index contributed by atoms with van der Waals surface area (Å²) < 4.78 is 4.83. The minimum atomic E-state index is -1.59. The monoisotopic (exact) mass is 166 g/mol. The molecule has 0 radical (unpaired) electrons. The van der Waals surface area contributed by atoms with Crippen LogP contribution in [0.25, 0.3) is 0 Å². The van der Waals surface area contributed by atoms with Gasteiger partial charge >= 0.3 is 0 Å². The van der Waals surface area contributed by atoms with Crippen molar-refractivity contribution in [1.82, 2.24) is 0 Å². The Hall–Kier alpha value is -0.160. The summed E-state index contributed by atoms with van der Waals surface area (Å²) in [4.78, 5) is 0. The maximum Gasteiger partial charge on any atom is 0.177 e. The van der Waals surface area contributed by atoms with Crippen LogP contribution in [-0.4, -0.2) is 40.9 Å². The van der Waals surface area contributed by atoms with Crippen molar-refractivity contribution in [2.75, 3.05) is 13.2 Å². The summed E-state index contributed by atoms with van der Waals surface area (Å²) in [6.07, 6.45) is -2.63. The van der Waals surface area contributed by atoms with E-state index in [2.05, 4.69) is 0 Å². The van der Waals surface area contributed by atoms with Crippen LogP contribution in [0, 0.1) is 0 Å². The number of hydrogen-bond donors (Lipinski definition) is 3. The molecule has 0 aliphatic carbocycles. The summed E-state index contributed by atoms with van der Waals surface area (Å²) in [6, 6.07) is 0. The lowest BCUT2D eigenvalue weighted by Gasteiger charge is -2.02. The topological polar surface area (TPSA) is 69.9 Å². The van der Waals surface area contributed by atoms with E-state index in [0.29, 0.717) is 0 Å². The van der Waals surface area contributed by atoms with Crippen molar-refractivity contribution in [2.45, 2.75) is 33.2 Å². The molecule has 0 aromatic rings. The van der Waals surface area contributed by atoms with Gasteiger partial charge in [0, 0.05) is 13.2 Å². The van der Waals surface area contributed by atoms with Crippen molar-refractivity contribution < 1.29 is 20.1 Å². The summed E-state index contributed by atoms with van der Waals surface area (Å²) in [7, 11) is 0. The first-order chi connectivity index (χ1) is 5.06. The molecule has 0 heterocycles. The predicted molar refractivity (Wildman–Crippen MR) is 42.1 cm³/mol. The van der Waals surface area contributed by atoms with Crippen molar-refractivity contribution in [3.05, 3.63) is 0 Å². The molecule has 0 aromatic heterocycles. The smallest absolute Gasteiger partial charge is 0.177 e. The molecule has 11 heavy (non-hydrogen) atoms. The molecule has 0 aliphatic heterocycles. The van der Waals surface area contributed by atoms with E-state index in [9.17, 15) is 0 Å². The molecule has 70 valence electrons. The summed E-state index contributed by atoms with van der Waals surface area (Å²) in [5, 5.41) is 24.0. The molecule has 0 aliphatic rings. The van der Waals surface area contributed by atoms with Gasteiger partial charge in [-0.1, -0.05) is 0 Å². The fourth-order valence-corrected chi connectivity index (χ4v) is 0.204. The van der Waals surface area contributed by atoms with Crippen molar-refractivity contribution in [2.24, 2.45) is 0 Å². The molecule has 0 rings (SSSR count). The van der Waals surface area contributed by atoms with Gasteiger partial charge in [0.25, 0.3) is 0 Å². The highest BCUT2D eigenvalue weighted by Crippen LogP contribution is 1.81. The van der Waals surface area contributed by atoms with Crippen LogP contribution in [0.2, 0.25) is 0 Å². The molecule has 0 saturated carbocycles. The van der Waals surface area contributed by atoms with Crippen LogP contribution in [0.5, 0.6) is 0 Å². The first-order valence-electron chi connectivity index (χ1n) is 3.68. The minimum absolute atomic E-state index is 0.844. The summed E-state index contributed by atoms with van der Waals surface area (Å²) in [6.45, 7) is 6.96. The van der Waals surface area contributed by atoms with E-state index in [-0.39, 0.29) is 0 Å². The van der Waals surface area contributed by atoms with Gasteiger partial charge in [0.15, 0.2) is 6.29 Å². The fraction of sp³-hybridized carbons (Fsp3) is 1.00. The largest absolute Gasteiger partial charge is 0.388 e. The van der Waals surface area contributed by atoms with Gasteiger partial charge in [-0.05, 0) is 20.8 Å². The number of ether oxygens (including phenoxy) is 1. The van der Waals surface area contributed by atoms with Gasteiger partial charge in [0.2, 0.25) is 0 Å². The molecule has 0 spiro atoms. The highest BCUT2D eigenvalue weighted by Gasteiger charge is 2.01. The van der Waals surface area contributed by atoms with Crippen LogP contribution in [0.3, 0.4) is 0 Å². The van der Waals surface area contributed by atoms with Gasteiger partial charge in [-0.3, -0.25) is 0 Å². The van der Waals surface area contributed by atoms with Gasteiger partial charge in [-0.25, -0.2) is 0 Å². The highest BCUT2D eigenvalue weighted by molar-refractivity contribution is 4.42. The third-order valence-corrected chi connectivity index (χ3v) is 0.840. The summed E-state index contributed by atoms with van der Waals surface area (Å²) >= 11 is 0. The van der Waals surface area contributed by atoms with Crippen molar-refractivity contribution >= 4 is 0 Å². The van der Waals surface area contributed by atoms with Crippen molar-refractivity contribution in [1.29, 1.82) is 0 Å². The van der Waals surface area contributed by atoms with Crippen LogP contribution >= 0.6 is 0 Å². The molecular weight excluding hydrogens is 148 g/mol. The van der Waals surface area contributed by atoms with Gasteiger partial charge in [0.05, 0.1) is 0 Å². The zero-order valence-electron chi connectivity index (χ0n) is 7.32. The standard InChI is InChI=1S/C4H10O.C3H8O3/c1-3-5-4-2;1-2(4)3(5)6/h3-4H2,1-2H3;2-6H,1H3. The summed E-state index contributed by atoms with van der Waals surface area (Å²) in [5.41, 5.74) is 0. The number of hydrogen-bond acceptors (Lipinski definition) is 4. The Labute approximate surface area is 67.4 Å². The molecule has 0 amide bonds. The Kier molecular flexibility index (Phi) is 12.0. The van der Waals surface area contributed by atoms with Crippen LogP contribution in [0.1, 0.15) is 20.8 Å². The summed E-state index contributed by atoms with van der Waals surface area (Å²) in [5.74, 6) is 0. The Morgan fingerprint density at radius 3 is 1.36 bits per heavy atom. The third-order valence-electron chi connectivity index (χ3n) is 0.840. The van der Waals surface area contributed by atoms with Crippen molar-refractivity contribution in [3.63, 3.8) is 0 Å². The average Bonchev–Trinajstić information content (AvgIpc) is 1.90. The highest BCUT2D eigenvalue weighted by atomic mass is 16.5. The molecule has 1 atom stereocenters. The zero-order valence-corrected chi connectivity index (χ0v) is 7.32. The molecule has 1 unspecified atom stereocenters. The number of aliphatic hydroxyl groups is 3. The van der Waals surface area contributed by atoms with Crippen LogP contribution in [-0.2, 0) is 4.74 Å². The maximum absolute atomic E-state index is 8.13. The normalized spacial score (nSPS) is 12.3. The van der Waals surface area contributed by atoms with Gasteiger partial charge in [-0.15, -0.1) is 0 Å². The zero-order chi connectivity index (χ0) is 9.28. The molecule has 4 nitrogen and oxygen atoms in total. The molecule has 4 heteroatoms. The molecular formula is C7H18O4. The van der Waals surface area contributed by atoms with E-state index >= 15 is 0 Å². The average molecular weight is 166 g/mol. The van der Waals surface area contributed by atoms with Crippen LogP contribution in [0.4, 0.5) is 0 Å². The lowest BCUT2D eigenvalue weighted by molar-refractivity contribution is -0.114. The lowest BCUT2D eigenvalue weighted by Crippen LogP contribution is -2.20. The number of aliphatic hydroxyl groups excluding tert-OH is 2. The first kappa shape index (κ1) is 13.4. The van der Waals surface area contributed by atoms with E-state index in [1.165, 1.54) is 6.92 Å². The third kappa shape index (κ3) is 17.7. The van der Waals surface area contributed by atoms with Crippen LogP contribution < -0.4 is 0 Å². The lowest BCUT2D eigenvalue weighted by atomic mass is 10.4. The van der Waals surface area contributed by atoms with Gasteiger partial charge in [-0.2, -0.15) is 0 Å².